The third kappa shape index (κ3) is 3.79. The summed E-state index contributed by atoms with van der Waals surface area (Å²) < 4.78 is 5.21. The van der Waals surface area contributed by atoms with Gasteiger partial charge in [0.2, 0.25) is 5.95 Å². The molecular formula is C23H26N4O. The number of hydrogen-bond donors (Lipinski definition) is 1. The highest BCUT2D eigenvalue weighted by molar-refractivity contribution is 5.69. The lowest BCUT2D eigenvalue weighted by Gasteiger charge is -2.24. The van der Waals surface area contributed by atoms with Crippen molar-refractivity contribution in [3.05, 3.63) is 71.4 Å². The van der Waals surface area contributed by atoms with Crippen molar-refractivity contribution in [2.24, 2.45) is 0 Å². The first-order chi connectivity index (χ1) is 13.6. The Bertz CT molecular complexity index is 955. The highest BCUT2D eigenvalue weighted by Crippen LogP contribution is 2.37. The van der Waals surface area contributed by atoms with Gasteiger partial charge in [-0.25, -0.2) is 4.98 Å². The molecule has 1 unspecified atom stereocenters. The molecule has 2 heterocycles. The number of aryl methyl sites for hydroxylation is 1. The molecule has 0 fully saturated rings. The lowest BCUT2D eigenvalue weighted by atomic mass is 10.1. The SMILES string of the molecule is COc1ccc(CCNc2nc(C)cc(N3c4ccccc4CC3C)n2)cc1. The number of fused-ring (bicyclic) bond motifs is 1. The molecule has 0 saturated heterocycles. The van der Waals surface area contributed by atoms with Gasteiger partial charge in [0.1, 0.15) is 11.6 Å². The summed E-state index contributed by atoms with van der Waals surface area (Å²) in [6.07, 6.45) is 1.94. The number of hydrogen-bond acceptors (Lipinski definition) is 5. The van der Waals surface area contributed by atoms with E-state index in [9.17, 15) is 0 Å². The molecule has 1 N–H and O–H groups in total. The van der Waals surface area contributed by atoms with Crippen LogP contribution in [0.25, 0.3) is 0 Å². The monoisotopic (exact) mass is 374 g/mol. The average Bonchev–Trinajstić information content (AvgIpc) is 3.04. The Morgan fingerprint density at radius 3 is 2.68 bits per heavy atom. The molecule has 0 spiro atoms. The zero-order chi connectivity index (χ0) is 19.5. The molecule has 0 saturated carbocycles. The quantitative estimate of drug-likeness (QED) is 0.687. The number of nitrogens with zero attached hydrogens (tertiary/aromatic N) is 3. The van der Waals surface area contributed by atoms with Gasteiger partial charge in [0.05, 0.1) is 7.11 Å². The average molecular weight is 374 g/mol. The van der Waals surface area contributed by atoms with Crippen LogP contribution < -0.4 is 15.0 Å². The van der Waals surface area contributed by atoms with E-state index >= 15 is 0 Å². The minimum atomic E-state index is 0.388. The molecule has 5 heteroatoms. The van der Waals surface area contributed by atoms with Gasteiger partial charge in [0.25, 0.3) is 0 Å². The number of benzene rings is 2. The van der Waals surface area contributed by atoms with Gasteiger partial charge in [-0.15, -0.1) is 0 Å². The van der Waals surface area contributed by atoms with Gasteiger partial charge >= 0.3 is 0 Å². The van der Waals surface area contributed by atoms with Crippen LogP contribution in [0.1, 0.15) is 23.7 Å². The maximum absolute atomic E-state index is 5.21. The van der Waals surface area contributed by atoms with Crippen molar-refractivity contribution < 1.29 is 4.74 Å². The number of aromatic nitrogens is 2. The van der Waals surface area contributed by atoms with Crippen molar-refractivity contribution in [3.8, 4) is 5.75 Å². The highest BCUT2D eigenvalue weighted by atomic mass is 16.5. The molecule has 4 rings (SSSR count). The second kappa shape index (κ2) is 7.89. The molecule has 28 heavy (non-hydrogen) atoms. The smallest absolute Gasteiger partial charge is 0.224 e. The van der Waals surface area contributed by atoms with Crippen molar-refractivity contribution in [2.45, 2.75) is 32.7 Å². The Hall–Kier alpha value is -3.08. The largest absolute Gasteiger partial charge is 0.497 e. The Kier molecular flexibility index (Phi) is 5.15. The number of para-hydroxylation sites is 1. The van der Waals surface area contributed by atoms with Crippen molar-refractivity contribution in [1.82, 2.24) is 9.97 Å². The van der Waals surface area contributed by atoms with E-state index in [-0.39, 0.29) is 0 Å². The van der Waals surface area contributed by atoms with Gasteiger partial charge in [-0.3, -0.25) is 0 Å². The third-order valence-electron chi connectivity index (χ3n) is 5.15. The molecule has 144 valence electrons. The van der Waals surface area contributed by atoms with Crippen LogP contribution in [0.15, 0.2) is 54.6 Å². The molecule has 3 aromatic rings. The number of nitrogens with one attached hydrogen (secondary N) is 1. The summed E-state index contributed by atoms with van der Waals surface area (Å²) in [5.74, 6) is 2.51. The van der Waals surface area contributed by atoms with Crippen LogP contribution in [0.3, 0.4) is 0 Å². The Morgan fingerprint density at radius 1 is 1.11 bits per heavy atom. The summed E-state index contributed by atoms with van der Waals surface area (Å²) >= 11 is 0. The van der Waals surface area contributed by atoms with Crippen LogP contribution in [0.2, 0.25) is 0 Å². The fraction of sp³-hybridized carbons (Fsp3) is 0.304. The molecule has 0 aliphatic carbocycles. The first kappa shape index (κ1) is 18.3. The normalized spacial score (nSPS) is 15.4. The van der Waals surface area contributed by atoms with E-state index in [1.54, 1.807) is 7.11 Å². The Morgan fingerprint density at radius 2 is 1.89 bits per heavy atom. The molecule has 0 radical (unpaired) electrons. The minimum Gasteiger partial charge on any atom is -0.497 e. The molecule has 1 aliphatic rings. The summed E-state index contributed by atoms with van der Waals surface area (Å²) in [5, 5.41) is 3.39. The summed E-state index contributed by atoms with van der Waals surface area (Å²) in [6, 6.07) is 19.2. The fourth-order valence-corrected chi connectivity index (χ4v) is 3.78. The van der Waals surface area contributed by atoms with E-state index in [0.29, 0.717) is 12.0 Å². The topological polar surface area (TPSA) is 50.3 Å². The van der Waals surface area contributed by atoms with Gasteiger partial charge in [-0.2, -0.15) is 4.98 Å². The molecule has 1 aliphatic heterocycles. The van der Waals surface area contributed by atoms with Crippen LogP contribution >= 0.6 is 0 Å². The van der Waals surface area contributed by atoms with Gasteiger partial charge < -0.3 is 15.0 Å². The summed E-state index contributed by atoms with van der Waals surface area (Å²) in [4.78, 5) is 11.7. The molecule has 1 atom stereocenters. The van der Waals surface area contributed by atoms with Crippen molar-refractivity contribution in [3.63, 3.8) is 0 Å². The number of anilines is 3. The van der Waals surface area contributed by atoms with E-state index in [1.165, 1.54) is 16.8 Å². The van der Waals surface area contributed by atoms with Crippen LogP contribution in [0, 0.1) is 6.92 Å². The molecule has 0 bridgehead atoms. The van der Waals surface area contributed by atoms with Crippen molar-refractivity contribution >= 4 is 17.5 Å². The van der Waals surface area contributed by atoms with Gasteiger partial charge in [-0.05, 0) is 56.0 Å². The van der Waals surface area contributed by atoms with E-state index in [1.807, 2.05) is 19.1 Å². The third-order valence-corrected chi connectivity index (χ3v) is 5.15. The number of rotatable bonds is 6. The minimum absolute atomic E-state index is 0.388. The fourth-order valence-electron chi connectivity index (χ4n) is 3.78. The Labute approximate surface area is 166 Å². The van der Waals surface area contributed by atoms with Gasteiger partial charge in [0.15, 0.2) is 0 Å². The lowest BCUT2D eigenvalue weighted by molar-refractivity contribution is 0.414. The first-order valence-corrected chi connectivity index (χ1v) is 9.73. The molecule has 2 aromatic carbocycles. The second-order valence-electron chi connectivity index (χ2n) is 7.27. The summed E-state index contributed by atoms with van der Waals surface area (Å²) in [7, 11) is 1.68. The molecule has 5 nitrogen and oxygen atoms in total. The Balaban J connectivity index is 1.48. The van der Waals surface area contributed by atoms with Gasteiger partial charge in [-0.1, -0.05) is 30.3 Å². The number of ether oxygens (including phenoxy) is 1. The van der Waals surface area contributed by atoms with Crippen LogP contribution in [-0.4, -0.2) is 29.7 Å². The van der Waals surface area contributed by atoms with Crippen LogP contribution in [0.4, 0.5) is 17.5 Å². The standard InChI is InChI=1S/C23H26N4O/c1-16-14-22(27-17(2)15-19-6-4-5-7-21(19)27)26-23(25-16)24-13-12-18-8-10-20(28-3)11-9-18/h4-11,14,17H,12-13,15H2,1-3H3,(H,24,25,26). The van der Waals surface area contributed by atoms with E-state index in [2.05, 4.69) is 64.6 Å². The maximum Gasteiger partial charge on any atom is 0.224 e. The van der Waals surface area contributed by atoms with Crippen LogP contribution in [0.5, 0.6) is 5.75 Å². The van der Waals surface area contributed by atoms with Crippen LogP contribution in [-0.2, 0) is 12.8 Å². The predicted octanol–water partition coefficient (Wildman–Crippen LogP) is 4.53. The zero-order valence-corrected chi connectivity index (χ0v) is 16.6. The summed E-state index contributed by atoms with van der Waals surface area (Å²) in [6.45, 7) is 5.04. The van der Waals surface area contributed by atoms with Crippen molar-refractivity contribution in [2.75, 3.05) is 23.9 Å². The first-order valence-electron chi connectivity index (χ1n) is 9.73. The van der Waals surface area contributed by atoms with Gasteiger partial charge in [0, 0.05) is 30.0 Å². The highest BCUT2D eigenvalue weighted by Gasteiger charge is 2.28. The lowest BCUT2D eigenvalue weighted by Crippen LogP contribution is -2.25. The van der Waals surface area contributed by atoms with E-state index in [0.717, 1.165) is 36.6 Å². The number of methoxy groups -OCH3 is 1. The van der Waals surface area contributed by atoms with E-state index < -0.39 is 0 Å². The summed E-state index contributed by atoms with van der Waals surface area (Å²) in [5.41, 5.74) is 4.84. The maximum atomic E-state index is 5.21. The molecule has 1 aromatic heterocycles. The zero-order valence-electron chi connectivity index (χ0n) is 16.6. The molecule has 0 amide bonds. The molecular weight excluding hydrogens is 348 g/mol. The van der Waals surface area contributed by atoms with E-state index in [4.69, 9.17) is 9.72 Å². The predicted molar refractivity (Wildman–Crippen MR) is 114 cm³/mol. The second-order valence-corrected chi connectivity index (χ2v) is 7.27. The van der Waals surface area contributed by atoms with Crippen molar-refractivity contribution in [1.29, 1.82) is 0 Å².